The fourth-order valence-electron chi connectivity index (χ4n) is 1.35. The summed E-state index contributed by atoms with van der Waals surface area (Å²) in [6, 6.07) is 0. The maximum absolute atomic E-state index is 11.7. The van der Waals surface area contributed by atoms with Crippen molar-refractivity contribution in [2.45, 2.75) is 18.4 Å². The highest BCUT2D eigenvalue weighted by Gasteiger charge is 2.37. The Bertz CT molecular complexity index is 233. The quantitative estimate of drug-likeness (QED) is 0.612. The lowest BCUT2D eigenvalue weighted by Crippen LogP contribution is -2.55. The van der Waals surface area contributed by atoms with E-state index in [2.05, 4.69) is 10.1 Å². The monoisotopic (exact) mass is 238 g/mol. The van der Waals surface area contributed by atoms with Gasteiger partial charge >= 0.3 is 0 Å². The molecule has 0 aromatic heterocycles. The SMILES string of the molecule is NC1(C(=O)NCCOCC(F)F)CCOC1. The summed E-state index contributed by atoms with van der Waals surface area (Å²) in [5.74, 6) is -0.328. The average molecular weight is 238 g/mol. The van der Waals surface area contributed by atoms with Gasteiger partial charge in [0, 0.05) is 13.2 Å². The first-order valence-electron chi connectivity index (χ1n) is 5.05. The highest BCUT2D eigenvalue weighted by atomic mass is 19.3. The fourth-order valence-corrected chi connectivity index (χ4v) is 1.35. The van der Waals surface area contributed by atoms with Crippen molar-refractivity contribution in [1.29, 1.82) is 0 Å². The summed E-state index contributed by atoms with van der Waals surface area (Å²) >= 11 is 0. The van der Waals surface area contributed by atoms with Gasteiger partial charge < -0.3 is 20.5 Å². The van der Waals surface area contributed by atoms with Crippen LogP contribution in [0.3, 0.4) is 0 Å². The van der Waals surface area contributed by atoms with E-state index in [-0.39, 0.29) is 25.7 Å². The molecular formula is C9H16F2N2O3. The van der Waals surface area contributed by atoms with Crippen molar-refractivity contribution in [1.82, 2.24) is 5.32 Å². The molecule has 1 saturated heterocycles. The van der Waals surface area contributed by atoms with Crippen LogP contribution in [0.15, 0.2) is 0 Å². The van der Waals surface area contributed by atoms with Crippen molar-refractivity contribution in [3.63, 3.8) is 0 Å². The van der Waals surface area contributed by atoms with Crippen LogP contribution in [-0.2, 0) is 14.3 Å². The number of rotatable bonds is 6. The summed E-state index contributed by atoms with van der Waals surface area (Å²) < 4.78 is 33.0. The average Bonchev–Trinajstić information content (AvgIpc) is 2.65. The van der Waals surface area contributed by atoms with E-state index in [0.29, 0.717) is 13.0 Å². The smallest absolute Gasteiger partial charge is 0.261 e. The summed E-state index contributed by atoms with van der Waals surface area (Å²) in [5.41, 5.74) is 4.78. The Morgan fingerprint density at radius 3 is 2.94 bits per heavy atom. The van der Waals surface area contributed by atoms with Gasteiger partial charge in [-0.3, -0.25) is 4.79 Å². The van der Waals surface area contributed by atoms with Crippen molar-refractivity contribution in [2.24, 2.45) is 5.73 Å². The van der Waals surface area contributed by atoms with Crippen LogP contribution < -0.4 is 11.1 Å². The first-order valence-corrected chi connectivity index (χ1v) is 5.05. The van der Waals surface area contributed by atoms with E-state index in [1.807, 2.05) is 0 Å². The molecule has 0 spiro atoms. The number of amides is 1. The highest BCUT2D eigenvalue weighted by Crippen LogP contribution is 2.14. The van der Waals surface area contributed by atoms with Crippen LogP contribution in [-0.4, -0.2) is 50.8 Å². The van der Waals surface area contributed by atoms with E-state index in [4.69, 9.17) is 10.5 Å². The van der Waals surface area contributed by atoms with Crippen LogP contribution in [0.1, 0.15) is 6.42 Å². The molecule has 0 bridgehead atoms. The van der Waals surface area contributed by atoms with Gasteiger partial charge in [0.1, 0.15) is 12.1 Å². The Morgan fingerprint density at radius 2 is 2.38 bits per heavy atom. The molecule has 1 aliphatic rings. The number of halogens is 2. The van der Waals surface area contributed by atoms with Gasteiger partial charge in [0.05, 0.1) is 13.2 Å². The molecule has 1 atom stereocenters. The molecule has 16 heavy (non-hydrogen) atoms. The molecular weight excluding hydrogens is 222 g/mol. The summed E-state index contributed by atoms with van der Waals surface area (Å²) in [6.07, 6.45) is -2.02. The number of carbonyl (C=O) groups is 1. The van der Waals surface area contributed by atoms with Gasteiger partial charge in [-0.15, -0.1) is 0 Å². The summed E-state index contributed by atoms with van der Waals surface area (Å²) in [7, 11) is 0. The highest BCUT2D eigenvalue weighted by molar-refractivity contribution is 5.86. The van der Waals surface area contributed by atoms with Gasteiger partial charge in [0.2, 0.25) is 5.91 Å². The van der Waals surface area contributed by atoms with Crippen LogP contribution in [0.4, 0.5) is 8.78 Å². The number of ether oxygens (including phenoxy) is 2. The van der Waals surface area contributed by atoms with E-state index >= 15 is 0 Å². The predicted molar refractivity (Wildman–Crippen MR) is 52.2 cm³/mol. The molecule has 94 valence electrons. The van der Waals surface area contributed by atoms with Crippen molar-refractivity contribution < 1.29 is 23.0 Å². The van der Waals surface area contributed by atoms with Gasteiger partial charge in [-0.1, -0.05) is 0 Å². The van der Waals surface area contributed by atoms with Gasteiger partial charge in [0.25, 0.3) is 6.43 Å². The Kier molecular flexibility index (Phi) is 5.04. The largest absolute Gasteiger partial charge is 0.379 e. The third-order valence-corrected chi connectivity index (χ3v) is 2.28. The van der Waals surface area contributed by atoms with Crippen molar-refractivity contribution in [3.05, 3.63) is 0 Å². The van der Waals surface area contributed by atoms with E-state index in [1.54, 1.807) is 0 Å². The summed E-state index contributed by atoms with van der Waals surface area (Å²) in [5, 5.41) is 2.53. The molecule has 1 unspecified atom stereocenters. The van der Waals surface area contributed by atoms with E-state index in [1.165, 1.54) is 0 Å². The van der Waals surface area contributed by atoms with Gasteiger partial charge in [-0.2, -0.15) is 0 Å². The first-order chi connectivity index (χ1) is 7.54. The second-order valence-electron chi connectivity index (χ2n) is 3.68. The molecule has 1 amide bonds. The Balaban J connectivity index is 2.10. The molecule has 0 aromatic carbocycles. The third-order valence-electron chi connectivity index (χ3n) is 2.28. The van der Waals surface area contributed by atoms with Crippen LogP contribution in [0.5, 0.6) is 0 Å². The van der Waals surface area contributed by atoms with Gasteiger partial charge in [-0.25, -0.2) is 8.78 Å². The Labute approximate surface area is 92.3 Å². The number of hydrogen-bond donors (Lipinski definition) is 2. The zero-order chi connectivity index (χ0) is 12.0. The molecule has 3 N–H and O–H groups in total. The van der Waals surface area contributed by atoms with E-state index in [0.717, 1.165) is 0 Å². The molecule has 5 nitrogen and oxygen atoms in total. The molecule has 0 saturated carbocycles. The maximum atomic E-state index is 11.7. The van der Waals surface area contributed by atoms with Crippen molar-refractivity contribution in [2.75, 3.05) is 33.0 Å². The minimum atomic E-state index is -2.49. The lowest BCUT2D eigenvalue weighted by Gasteiger charge is -2.20. The number of carbonyl (C=O) groups excluding carboxylic acids is 1. The third kappa shape index (κ3) is 3.99. The Hall–Kier alpha value is -0.790. The predicted octanol–water partition coefficient (Wildman–Crippen LogP) is -0.498. The van der Waals surface area contributed by atoms with Gasteiger partial charge in [0.15, 0.2) is 0 Å². The van der Waals surface area contributed by atoms with E-state index in [9.17, 15) is 13.6 Å². The fraction of sp³-hybridized carbons (Fsp3) is 0.889. The molecule has 1 aliphatic heterocycles. The molecule has 1 heterocycles. The second kappa shape index (κ2) is 6.07. The standard InChI is InChI=1S/C9H16F2N2O3/c10-7(11)5-15-4-2-13-8(14)9(12)1-3-16-6-9/h7H,1-6,12H2,(H,13,14). The number of nitrogens with two attached hydrogens (primary N) is 1. The molecule has 1 fully saturated rings. The first kappa shape index (κ1) is 13.3. The minimum absolute atomic E-state index is 0.0486. The molecule has 0 aliphatic carbocycles. The molecule has 0 aromatic rings. The van der Waals surface area contributed by atoms with Gasteiger partial charge in [-0.05, 0) is 6.42 Å². The van der Waals surface area contributed by atoms with Crippen molar-refractivity contribution in [3.8, 4) is 0 Å². The minimum Gasteiger partial charge on any atom is -0.379 e. The van der Waals surface area contributed by atoms with Crippen LogP contribution >= 0.6 is 0 Å². The number of alkyl halides is 2. The molecule has 1 rings (SSSR count). The summed E-state index contributed by atoms with van der Waals surface area (Å²) in [6.45, 7) is 0.257. The van der Waals surface area contributed by atoms with E-state index < -0.39 is 18.6 Å². The lowest BCUT2D eigenvalue weighted by atomic mass is 9.99. The summed E-state index contributed by atoms with van der Waals surface area (Å²) in [4.78, 5) is 11.5. The lowest BCUT2D eigenvalue weighted by molar-refractivity contribution is -0.126. The molecule has 0 radical (unpaired) electrons. The van der Waals surface area contributed by atoms with Crippen LogP contribution in [0.25, 0.3) is 0 Å². The number of nitrogens with one attached hydrogen (secondary N) is 1. The maximum Gasteiger partial charge on any atom is 0.261 e. The Morgan fingerprint density at radius 1 is 1.62 bits per heavy atom. The number of hydrogen-bond acceptors (Lipinski definition) is 4. The topological polar surface area (TPSA) is 73.6 Å². The normalized spacial score (nSPS) is 25.0. The van der Waals surface area contributed by atoms with Crippen LogP contribution in [0, 0.1) is 0 Å². The second-order valence-corrected chi connectivity index (χ2v) is 3.68. The zero-order valence-electron chi connectivity index (χ0n) is 8.88. The zero-order valence-corrected chi connectivity index (χ0v) is 8.88. The van der Waals surface area contributed by atoms with Crippen molar-refractivity contribution >= 4 is 5.91 Å². The molecule has 7 heteroatoms. The van der Waals surface area contributed by atoms with Crippen LogP contribution in [0.2, 0.25) is 0 Å².